The average molecular weight is 453 g/mol. The summed E-state index contributed by atoms with van der Waals surface area (Å²) in [5.74, 6) is -6.44. The van der Waals surface area contributed by atoms with Crippen molar-refractivity contribution < 1.29 is 47.9 Å². The van der Waals surface area contributed by atoms with Crippen LogP contribution in [0.3, 0.4) is 0 Å². The molecule has 3 rings (SSSR count). The average Bonchev–Trinajstić information content (AvgIpc) is 3.12. The zero-order chi connectivity index (χ0) is 23.5. The fraction of sp³-hybridized carbons (Fsp3) is 0.333. The highest BCUT2D eigenvalue weighted by Gasteiger charge is 2.57. The van der Waals surface area contributed by atoms with Crippen LogP contribution in [0.4, 0.5) is 8.78 Å². The predicted molar refractivity (Wildman–Crippen MR) is 105 cm³/mol. The Hall–Kier alpha value is -3.44. The third-order valence-corrected chi connectivity index (χ3v) is 4.75. The number of aliphatic hydroxyl groups is 1. The van der Waals surface area contributed by atoms with Gasteiger partial charge in [-0.1, -0.05) is 18.2 Å². The summed E-state index contributed by atoms with van der Waals surface area (Å²) in [5, 5.41) is 31.8. The van der Waals surface area contributed by atoms with Crippen molar-refractivity contribution in [2.75, 3.05) is 6.54 Å². The van der Waals surface area contributed by atoms with Crippen molar-refractivity contribution in [3.8, 4) is 17.2 Å². The van der Waals surface area contributed by atoms with E-state index >= 15 is 0 Å². The lowest BCUT2D eigenvalue weighted by atomic mass is 10.1. The SMILES string of the molecule is C[C@@H](Cc1ccc2c(c1)OC(C(=O)O)(C(=O)O)O2)NC[C@H](O)c1cccc(OC(F)F)c1. The van der Waals surface area contributed by atoms with E-state index in [9.17, 15) is 33.7 Å². The number of benzene rings is 2. The van der Waals surface area contributed by atoms with E-state index in [4.69, 9.17) is 9.47 Å². The first-order valence-electron chi connectivity index (χ1n) is 9.54. The zero-order valence-corrected chi connectivity index (χ0v) is 16.8. The molecule has 0 fully saturated rings. The Labute approximate surface area is 181 Å². The third kappa shape index (κ3) is 5.06. The van der Waals surface area contributed by atoms with Crippen LogP contribution in [0.15, 0.2) is 42.5 Å². The normalized spacial score (nSPS) is 15.9. The van der Waals surface area contributed by atoms with Crippen LogP contribution in [0.5, 0.6) is 17.2 Å². The summed E-state index contributed by atoms with van der Waals surface area (Å²) in [6, 6.07) is 10.2. The van der Waals surface area contributed by atoms with Gasteiger partial charge in [-0.05, 0) is 48.7 Å². The van der Waals surface area contributed by atoms with Crippen LogP contribution < -0.4 is 19.5 Å². The Balaban J connectivity index is 1.58. The van der Waals surface area contributed by atoms with Gasteiger partial charge in [0.2, 0.25) is 0 Å². The minimum absolute atomic E-state index is 0.000447. The highest BCUT2D eigenvalue weighted by atomic mass is 19.3. The van der Waals surface area contributed by atoms with Crippen LogP contribution >= 0.6 is 0 Å². The number of hydrogen-bond donors (Lipinski definition) is 4. The number of carboxylic acid groups (broad SMARTS) is 2. The van der Waals surface area contributed by atoms with Crippen molar-refractivity contribution >= 4 is 11.9 Å². The monoisotopic (exact) mass is 453 g/mol. The maximum atomic E-state index is 12.3. The molecule has 0 spiro atoms. The molecule has 1 aliphatic heterocycles. The first-order chi connectivity index (χ1) is 15.1. The van der Waals surface area contributed by atoms with E-state index in [1.807, 2.05) is 6.92 Å². The van der Waals surface area contributed by atoms with Crippen molar-refractivity contribution in [3.05, 3.63) is 53.6 Å². The fourth-order valence-electron chi connectivity index (χ4n) is 3.19. The Morgan fingerprint density at radius 3 is 2.44 bits per heavy atom. The second-order valence-electron chi connectivity index (χ2n) is 7.19. The molecule has 0 radical (unpaired) electrons. The highest BCUT2D eigenvalue weighted by Crippen LogP contribution is 2.40. The van der Waals surface area contributed by atoms with Crippen molar-refractivity contribution in [2.45, 2.75) is 37.9 Å². The van der Waals surface area contributed by atoms with Gasteiger partial charge in [0.05, 0.1) is 6.10 Å². The number of alkyl halides is 2. The summed E-state index contributed by atoms with van der Waals surface area (Å²) in [6.45, 7) is -0.990. The van der Waals surface area contributed by atoms with Crippen molar-refractivity contribution in [1.29, 1.82) is 0 Å². The largest absolute Gasteiger partial charge is 0.475 e. The molecular formula is C21H21F2NO8. The van der Waals surface area contributed by atoms with Gasteiger partial charge < -0.3 is 34.8 Å². The maximum absolute atomic E-state index is 12.3. The Kier molecular flexibility index (Phi) is 6.80. The van der Waals surface area contributed by atoms with E-state index < -0.39 is 30.4 Å². The summed E-state index contributed by atoms with van der Waals surface area (Å²) < 4.78 is 39.1. The van der Waals surface area contributed by atoms with Gasteiger partial charge in [-0.2, -0.15) is 8.78 Å². The Bertz CT molecular complexity index is 986. The first-order valence-corrected chi connectivity index (χ1v) is 9.54. The smallest absolute Gasteiger partial charge is 0.453 e. The molecule has 1 heterocycles. The number of rotatable bonds is 10. The second-order valence-corrected chi connectivity index (χ2v) is 7.19. The van der Waals surface area contributed by atoms with Gasteiger partial charge in [-0.25, -0.2) is 9.59 Å². The number of hydrogen-bond acceptors (Lipinski definition) is 7. The molecule has 0 unspecified atom stereocenters. The van der Waals surface area contributed by atoms with E-state index in [1.54, 1.807) is 12.1 Å². The topological polar surface area (TPSA) is 135 Å². The summed E-state index contributed by atoms with van der Waals surface area (Å²) >= 11 is 0. The number of nitrogens with one attached hydrogen (secondary N) is 1. The van der Waals surface area contributed by atoms with Crippen LogP contribution in [0.1, 0.15) is 24.2 Å². The van der Waals surface area contributed by atoms with Crippen LogP contribution in [-0.4, -0.2) is 52.2 Å². The Morgan fingerprint density at radius 1 is 1.09 bits per heavy atom. The van der Waals surface area contributed by atoms with Gasteiger partial charge in [-0.15, -0.1) is 0 Å². The molecule has 2 atom stereocenters. The molecule has 0 bridgehead atoms. The van der Waals surface area contributed by atoms with E-state index in [0.29, 0.717) is 17.5 Å². The number of carboxylic acids is 2. The molecule has 0 aromatic heterocycles. The van der Waals surface area contributed by atoms with Crippen LogP contribution in [0.2, 0.25) is 0 Å². The number of ether oxygens (including phenoxy) is 3. The molecule has 1 aliphatic rings. The van der Waals surface area contributed by atoms with E-state index in [2.05, 4.69) is 10.1 Å². The summed E-state index contributed by atoms with van der Waals surface area (Å²) in [5.41, 5.74) is 1.12. The number of halogens is 2. The van der Waals surface area contributed by atoms with Crippen LogP contribution in [-0.2, 0) is 16.0 Å². The van der Waals surface area contributed by atoms with Gasteiger partial charge in [0.15, 0.2) is 11.5 Å². The quantitative estimate of drug-likeness (QED) is 0.399. The van der Waals surface area contributed by atoms with Crippen molar-refractivity contribution in [1.82, 2.24) is 5.32 Å². The third-order valence-electron chi connectivity index (χ3n) is 4.75. The molecular weight excluding hydrogens is 432 g/mol. The second kappa shape index (κ2) is 9.37. The van der Waals surface area contributed by atoms with Gasteiger partial charge in [0.1, 0.15) is 5.75 Å². The van der Waals surface area contributed by atoms with Gasteiger partial charge in [-0.3, -0.25) is 0 Å². The number of carbonyl (C=O) groups is 2. The molecule has 11 heteroatoms. The van der Waals surface area contributed by atoms with Gasteiger partial charge in [0.25, 0.3) is 0 Å². The molecule has 2 aromatic carbocycles. The van der Waals surface area contributed by atoms with Crippen molar-refractivity contribution in [2.24, 2.45) is 0 Å². The molecule has 4 N–H and O–H groups in total. The minimum Gasteiger partial charge on any atom is -0.475 e. The summed E-state index contributed by atoms with van der Waals surface area (Å²) in [4.78, 5) is 22.7. The summed E-state index contributed by atoms with van der Waals surface area (Å²) in [6.07, 6.45) is -0.535. The lowest BCUT2D eigenvalue weighted by Gasteiger charge is -2.18. The molecule has 0 saturated carbocycles. The van der Waals surface area contributed by atoms with Gasteiger partial charge >= 0.3 is 24.3 Å². The van der Waals surface area contributed by atoms with Crippen LogP contribution in [0, 0.1) is 0 Å². The van der Waals surface area contributed by atoms with E-state index in [0.717, 1.165) is 0 Å². The van der Waals surface area contributed by atoms with Crippen LogP contribution in [0.25, 0.3) is 0 Å². The summed E-state index contributed by atoms with van der Waals surface area (Å²) in [7, 11) is 0. The molecule has 0 amide bonds. The number of aliphatic carboxylic acids is 2. The first kappa shape index (κ1) is 23.2. The lowest BCUT2D eigenvalue weighted by molar-refractivity contribution is -0.194. The predicted octanol–water partition coefficient (Wildman–Crippen LogP) is 2.18. The number of aliphatic hydroxyl groups excluding tert-OH is 1. The zero-order valence-electron chi connectivity index (χ0n) is 16.8. The lowest BCUT2D eigenvalue weighted by Crippen LogP contribution is -2.54. The van der Waals surface area contributed by atoms with Gasteiger partial charge in [0, 0.05) is 12.6 Å². The van der Waals surface area contributed by atoms with E-state index in [1.165, 1.54) is 30.3 Å². The number of fused-ring (bicyclic) bond motifs is 1. The molecule has 0 saturated heterocycles. The van der Waals surface area contributed by atoms with E-state index in [-0.39, 0.29) is 29.8 Å². The minimum atomic E-state index is -2.96. The standard InChI is InChI=1S/C21H21F2NO8/c1-11(24-10-15(25)13-3-2-4-14(9-13)30-20(22)23)7-12-5-6-16-17(8-12)32-21(31-16,18(26)27)19(28)29/h2-6,8-9,11,15,20,24-25H,7,10H2,1H3,(H,26,27)(H,28,29)/t11-,15-/m0/s1. The maximum Gasteiger partial charge on any atom is 0.453 e. The molecule has 2 aromatic rings. The van der Waals surface area contributed by atoms with Crippen molar-refractivity contribution in [3.63, 3.8) is 0 Å². The highest BCUT2D eigenvalue weighted by molar-refractivity contribution is 6.01. The molecule has 9 nitrogen and oxygen atoms in total. The molecule has 32 heavy (non-hydrogen) atoms. The molecule has 0 aliphatic carbocycles. The molecule has 172 valence electrons. The fourth-order valence-corrected chi connectivity index (χ4v) is 3.19. The Morgan fingerprint density at radius 2 is 1.78 bits per heavy atom.